The summed E-state index contributed by atoms with van der Waals surface area (Å²) in [6.45, 7) is 5.51. The molecule has 2 aromatic carbocycles. The Balaban J connectivity index is 1.51. The van der Waals surface area contributed by atoms with Gasteiger partial charge in [0.25, 0.3) is 0 Å². The highest BCUT2D eigenvalue weighted by Crippen LogP contribution is 2.44. The molecule has 0 aliphatic heterocycles. The van der Waals surface area contributed by atoms with Crippen molar-refractivity contribution in [1.29, 1.82) is 0 Å². The molecular weight excluding hydrogens is 408 g/mol. The number of rotatable bonds is 9. The Kier molecular flexibility index (Phi) is 7.18. The highest BCUT2D eigenvalue weighted by atomic mass is 16.5. The van der Waals surface area contributed by atoms with Crippen LogP contribution in [-0.4, -0.2) is 41.3 Å². The number of ether oxygens (including phenoxy) is 1. The molecule has 0 saturated carbocycles. The maximum atomic E-state index is 12.5. The summed E-state index contributed by atoms with van der Waals surface area (Å²) in [7, 11) is 0. The largest absolute Gasteiger partial charge is 0.481 e. The third kappa shape index (κ3) is 5.87. The number of carboxylic acid groups (broad SMARTS) is 1. The van der Waals surface area contributed by atoms with Crippen LogP contribution in [0.1, 0.15) is 57.1 Å². The SMILES string of the molecule is C[C@@H](CC(=O)O)NC(=O)CCC(C)(C)NC(=O)OCC1c2ccccc2-c2ccccc21. The van der Waals surface area contributed by atoms with Crippen molar-refractivity contribution in [1.82, 2.24) is 10.6 Å². The minimum Gasteiger partial charge on any atom is -0.481 e. The van der Waals surface area contributed by atoms with E-state index in [1.165, 1.54) is 11.1 Å². The van der Waals surface area contributed by atoms with E-state index in [9.17, 15) is 14.4 Å². The third-order valence-corrected chi connectivity index (χ3v) is 5.65. The zero-order valence-electron chi connectivity index (χ0n) is 18.7. The van der Waals surface area contributed by atoms with E-state index in [2.05, 4.69) is 34.9 Å². The second kappa shape index (κ2) is 9.85. The smallest absolute Gasteiger partial charge is 0.407 e. The fourth-order valence-electron chi connectivity index (χ4n) is 4.06. The number of fused-ring (bicyclic) bond motifs is 3. The van der Waals surface area contributed by atoms with Gasteiger partial charge in [-0.1, -0.05) is 48.5 Å². The lowest BCUT2D eigenvalue weighted by molar-refractivity contribution is -0.137. The molecule has 0 aromatic heterocycles. The van der Waals surface area contributed by atoms with Gasteiger partial charge in [0.05, 0.1) is 6.42 Å². The molecular formula is C25H30N2O5. The van der Waals surface area contributed by atoms with Crippen LogP contribution < -0.4 is 10.6 Å². The molecule has 32 heavy (non-hydrogen) atoms. The van der Waals surface area contributed by atoms with Crippen molar-refractivity contribution in [3.8, 4) is 11.1 Å². The number of nitrogens with one attached hydrogen (secondary N) is 2. The first-order valence-corrected chi connectivity index (χ1v) is 10.8. The molecule has 1 atom stereocenters. The van der Waals surface area contributed by atoms with E-state index in [-0.39, 0.29) is 31.3 Å². The average molecular weight is 439 g/mol. The zero-order valence-corrected chi connectivity index (χ0v) is 18.7. The number of hydrogen-bond donors (Lipinski definition) is 3. The van der Waals surface area contributed by atoms with E-state index in [0.717, 1.165) is 11.1 Å². The molecule has 1 aliphatic carbocycles. The second-order valence-electron chi connectivity index (χ2n) is 8.90. The summed E-state index contributed by atoms with van der Waals surface area (Å²) in [4.78, 5) is 35.2. The van der Waals surface area contributed by atoms with Crippen LogP contribution in [0, 0.1) is 0 Å². The van der Waals surface area contributed by atoms with Gasteiger partial charge in [-0.3, -0.25) is 9.59 Å². The highest BCUT2D eigenvalue weighted by molar-refractivity contribution is 5.79. The van der Waals surface area contributed by atoms with Crippen molar-refractivity contribution >= 4 is 18.0 Å². The molecule has 0 heterocycles. The minimum absolute atomic E-state index is 0.0160. The van der Waals surface area contributed by atoms with Crippen molar-refractivity contribution in [3.05, 3.63) is 59.7 Å². The standard InChI is InChI=1S/C25H30N2O5/c1-16(14-23(29)30)26-22(28)12-13-25(2,3)27-24(31)32-15-21-19-10-6-4-8-17(19)18-9-5-7-11-20(18)21/h4-11,16,21H,12-15H2,1-3H3,(H,26,28)(H,27,31)(H,29,30)/t16-/m0/s1. The molecule has 0 unspecified atom stereocenters. The Morgan fingerprint density at radius 1 is 1.03 bits per heavy atom. The summed E-state index contributed by atoms with van der Waals surface area (Å²) in [6.07, 6.45) is -0.104. The summed E-state index contributed by atoms with van der Waals surface area (Å²) >= 11 is 0. The van der Waals surface area contributed by atoms with Gasteiger partial charge in [-0.05, 0) is 49.4 Å². The number of aliphatic carboxylic acids is 1. The van der Waals surface area contributed by atoms with Crippen molar-refractivity contribution < 1.29 is 24.2 Å². The van der Waals surface area contributed by atoms with Crippen LogP contribution >= 0.6 is 0 Å². The van der Waals surface area contributed by atoms with E-state index in [0.29, 0.717) is 6.42 Å². The van der Waals surface area contributed by atoms with E-state index in [1.807, 2.05) is 38.1 Å². The monoisotopic (exact) mass is 438 g/mol. The molecule has 0 saturated heterocycles. The Hall–Kier alpha value is -3.35. The first-order chi connectivity index (χ1) is 15.2. The molecule has 0 bridgehead atoms. The van der Waals surface area contributed by atoms with E-state index < -0.39 is 23.6 Å². The second-order valence-corrected chi connectivity index (χ2v) is 8.90. The Morgan fingerprint density at radius 3 is 2.16 bits per heavy atom. The third-order valence-electron chi connectivity index (χ3n) is 5.65. The van der Waals surface area contributed by atoms with Crippen LogP contribution in [0.5, 0.6) is 0 Å². The molecule has 170 valence electrons. The molecule has 7 nitrogen and oxygen atoms in total. The number of hydrogen-bond acceptors (Lipinski definition) is 4. The van der Waals surface area contributed by atoms with Crippen molar-refractivity contribution in [3.63, 3.8) is 0 Å². The van der Waals surface area contributed by atoms with Crippen LogP contribution in [0.2, 0.25) is 0 Å². The number of benzene rings is 2. The van der Waals surface area contributed by atoms with Gasteiger partial charge < -0.3 is 20.5 Å². The summed E-state index contributed by atoms with van der Waals surface area (Å²) in [5.74, 6) is -1.23. The minimum atomic E-state index is -0.963. The van der Waals surface area contributed by atoms with Crippen LogP contribution in [0.15, 0.2) is 48.5 Å². The first kappa shape index (κ1) is 23.3. The predicted octanol–water partition coefficient (Wildman–Crippen LogP) is 4.06. The van der Waals surface area contributed by atoms with E-state index in [1.54, 1.807) is 6.92 Å². The van der Waals surface area contributed by atoms with E-state index in [4.69, 9.17) is 9.84 Å². The molecule has 7 heteroatoms. The molecule has 2 amide bonds. The van der Waals surface area contributed by atoms with Gasteiger partial charge in [0.15, 0.2) is 0 Å². The van der Waals surface area contributed by atoms with Crippen LogP contribution in [-0.2, 0) is 14.3 Å². The fraction of sp³-hybridized carbons (Fsp3) is 0.400. The number of carbonyl (C=O) groups excluding carboxylic acids is 2. The topological polar surface area (TPSA) is 105 Å². The normalized spacial score (nSPS) is 13.6. The molecule has 0 radical (unpaired) electrons. The molecule has 2 aromatic rings. The van der Waals surface area contributed by atoms with Gasteiger partial charge in [0.2, 0.25) is 5.91 Å². The van der Waals surface area contributed by atoms with Gasteiger partial charge in [-0.25, -0.2) is 4.79 Å². The first-order valence-electron chi connectivity index (χ1n) is 10.8. The lowest BCUT2D eigenvalue weighted by Crippen LogP contribution is -2.45. The van der Waals surface area contributed by atoms with Gasteiger partial charge in [0, 0.05) is 23.9 Å². The average Bonchev–Trinajstić information content (AvgIpc) is 3.04. The summed E-state index contributed by atoms with van der Waals surface area (Å²) in [5.41, 5.74) is 3.97. The maximum absolute atomic E-state index is 12.5. The van der Waals surface area contributed by atoms with Crippen molar-refractivity contribution in [2.75, 3.05) is 6.61 Å². The quantitative estimate of drug-likeness (QED) is 0.548. The van der Waals surface area contributed by atoms with Crippen molar-refractivity contribution in [2.24, 2.45) is 0 Å². The summed E-state index contributed by atoms with van der Waals surface area (Å²) < 4.78 is 5.57. The molecule has 3 rings (SSSR count). The highest BCUT2D eigenvalue weighted by Gasteiger charge is 2.30. The summed E-state index contributed by atoms with van der Waals surface area (Å²) in [6, 6.07) is 15.8. The Labute approximate surface area is 188 Å². The number of carboxylic acids is 1. The molecule has 1 aliphatic rings. The van der Waals surface area contributed by atoms with Gasteiger partial charge in [-0.2, -0.15) is 0 Å². The zero-order chi connectivity index (χ0) is 23.3. The van der Waals surface area contributed by atoms with Gasteiger partial charge in [0.1, 0.15) is 6.61 Å². The van der Waals surface area contributed by atoms with Crippen LogP contribution in [0.25, 0.3) is 11.1 Å². The Morgan fingerprint density at radius 2 is 1.59 bits per heavy atom. The fourth-order valence-corrected chi connectivity index (χ4v) is 4.06. The number of amides is 2. The van der Waals surface area contributed by atoms with Crippen LogP contribution in [0.3, 0.4) is 0 Å². The van der Waals surface area contributed by atoms with Gasteiger partial charge >= 0.3 is 12.1 Å². The maximum Gasteiger partial charge on any atom is 0.407 e. The lowest BCUT2D eigenvalue weighted by Gasteiger charge is -2.26. The van der Waals surface area contributed by atoms with Gasteiger partial charge in [-0.15, -0.1) is 0 Å². The molecule has 0 fully saturated rings. The van der Waals surface area contributed by atoms with Crippen molar-refractivity contribution in [2.45, 2.75) is 57.5 Å². The predicted molar refractivity (Wildman–Crippen MR) is 121 cm³/mol. The lowest BCUT2D eigenvalue weighted by atomic mass is 9.98. The van der Waals surface area contributed by atoms with E-state index >= 15 is 0 Å². The Bertz CT molecular complexity index is 956. The molecule has 0 spiro atoms. The van der Waals surface area contributed by atoms with Crippen LogP contribution in [0.4, 0.5) is 4.79 Å². The number of alkyl carbamates (subject to hydrolysis) is 1. The molecule has 3 N–H and O–H groups in total. The number of carbonyl (C=O) groups is 3. The summed E-state index contributed by atoms with van der Waals surface area (Å²) in [5, 5.41) is 14.3.